The van der Waals surface area contributed by atoms with E-state index in [0.717, 1.165) is 43.7 Å². The molecule has 0 bridgehead atoms. The summed E-state index contributed by atoms with van der Waals surface area (Å²) in [6.07, 6.45) is 4.57. The van der Waals surface area contributed by atoms with E-state index in [9.17, 15) is 0 Å². The fourth-order valence-electron chi connectivity index (χ4n) is 3.19. The molecule has 1 aromatic carbocycles. The maximum Gasteiger partial charge on any atom is 0.252 e. The zero-order valence-electron chi connectivity index (χ0n) is 14.4. The summed E-state index contributed by atoms with van der Waals surface area (Å²) in [5, 5.41) is 0. The van der Waals surface area contributed by atoms with Crippen LogP contribution in [0.3, 0.4) is 0 Å². The molecular weight excluding hydrogens is 316 g/mol. The highest BCUT2D eigenvalue weighted by molar-refractivity contribution is 5.81. The fourth-order valence-corrected chi connectivity index (χ4v) is 3.19. The summed E-state index contributed by atoms with van der Waals surface area (Å²) in [4.78, 5) is 15.4. The minimum Gasteiger partial charge on any atom is -0.422 e. The highest BCUT2D eigenvalue weighted by Gasteiger charge is 2.24. The van der Waals surface area contributed by atoms with Crippen LogP contribution in [0.5, 0.6) is 0 Å². The van der Waals surface area contributed by atoms with Crippen LogP contribution in [0.4, 0.5) is 5.82 Å². The smallest absolute Gasteiger partial charge is 0.252 e. The molecule has 0 unspecified atom stereocenters. The molecule has 1 aliphatic rings. The topological polar surface area (TPSA) is 64.3 Å². The van der Waals surface area contributed by atoms with Crippen LogP contribution >= 0.6 is 0 Å². The van der Waals surface area contributed by atoms with Crippen molar-refractivity contribution in [2.24, 2.45) is 0 Å². The van der Waals surface area contributed by atoms with Gasteiger partial charge in [-0.1, -0.05) is 37.3 Å². The Morgan fingerprint density at radius 1 is 1.16 bits per heavy atom. The summed E-state index contributed by atoms with van der Waals surface area (Å²) in [7, 11) is 0. The second-order valence-corrected chi connectivity index (χ2v) is 6.30. The van der Waals surface area contributed by atoms with Crippen LogP contribution in [-0.2, 0) is 17.8 Å². The van der Waals surface area contributed by atoms with E-state index in [0.29, 0.717) is 18.2 Å². The molecule has 0 amide bonds. The van der Waals surface area contributed by atoms with Gasteiger partial charge in [0, 0.05) is 19.5 Å². The van der Waals surface area contributed by atoms with Gasteiger partial charge >= 0.3 is 0 Å². The molecule has 25 heavy (non-hydrogen) atoms. The van der Waals surface area contributed by atoms with Gasteiger partial charge in [0.25, 0.3) is 5.71 Å². The molecule has 130 valence electrons. The normalized spacial score (nSPS) is 15.8. The lowest BCUT2D eigenvalue weighted by Crippen LogP contribution is -2.37. The Bertz CT molecular complexity index is 826. The first-order valence-corrected chi connectivity index (χ1v) is 8.84. The predicted molar refractivity (Wildman–Crippen MR) is 95.4 cm³/mol. The molecule has 0 spiro atoms. The number of hydrogen-bond acceptors (Lipinski definition) is 6. The maximum absolute atomic E-state index is 6.07. The van der Waals surface area contributed by atoms with Crippen LogP contribution in [-0.4, -0.2) is 34.1 Å². The molecule has 0 N–H and O–H groups in total. The Morgan fingerprint density at radius 2 is 1.96 bits per heavy atom. The number of hydrogen-bond donors (Lipinski definition) is 0. The Balaban J connectivity index is 1.39. The van der Waals surface area contributed by atoms with Gasteiger partial charge in [0.1, 0.15) is 6.33 Å². The minimum atomic E-state index is 0.289. The van der Waals surface area contributed by atoms with Crippen LogP contribution in [0.25, 0.3) is 11.2 Å². The van der Waals surface area contributed by atoms with Crippen LogP contribution in [0, 0.1) is 0 Å². The van der Waals surface area contributed by atoms with Crippen molar-refractivity contribution in [2.75, 3.05) is 18.0 Å². The third kappa shape index (κ3) is 3.49. The van der Waals surface area contributed by atoms with Gasteiger partial charge in [0.2, 0.25) is 0 Å². The van der Waals surface area contributed by atoms with E-state index < -0.39 is 0 Å². The fraction of sp³-hybridized carbons (Fsp3) is 0.421. The summed E-state index contributed by atoms with van der Waals surface area (Å²) >= 11 is 0. The lowest BCUT2D eigenvalue weighted by Gasteiger charge is -2.32. The number of nitrogens with zero attached hydrogens (tertiary/aromatic N) is 4. The van der Waals surface area contributed by atoms with E-state index in [1.54, 1.807) is 6.33 Å². The largest absolute Gasteiger partial charge is 0.422 e. The van der Waals surface area contributed by atoms with Crippen molar-refractivity contribution < 1.29 is 9.15 Å². The quantitative estimate of drug-likeness (QED) is 0.711. The van der Waals surface area contributed by atoms with E-state index >= 15 is 0 Å². The second kappa shape index (κ2) is 7.19. The monoisotopic (exact) mass is 338 g/mol. The van der Waals surface area contributed by atoms with Gasteiger partial charge in [-0.2, -0.15) is 4.98 Å². The van der Waals surface area contributed by atoms with Gasteiger partial charge in [-0.3, -0.25) is 0 Å². The molecule has 4 rings (SSSR count). The third-order valence-electron chi connectivity index (χ3n) is 4.59. The number of ether oxygens (including phenoxy) is 1. The first-order valence-electron chi connectivity index (χ1n) is 8.84. The summed E-state index contributed by atoms with van der Waals surface area (Å²) in [6, 6.07) is 10.3. The van der Waals surface area contributed by atoms with Crippen LogP contribution < -0.4 is 4.90 Å². The Morgan fingerprint density at radius 3 is 2.72 bits per heavy atom. The zero-order valence-corrected chi connectivity index (χ0v) is 14.4. The summed E-state index contributed by atoms with van der Waals surface area (Å²) < 4.78 is 11.7. The molecule has 3 aromatic rings. The van der Waals surface area contributed by atoms with E-state index in [1.807, 2.05) is 25.1 Å². The van der Waals surface area contributed by atoms with Crippen LogP contribution in [0.1, 0.15) is 31.2 Å². The molecule has 0 atom stereocenters. The number of benzene rings is 1. The van der Waals surface area contributed by atoms with Crippen LogP contribution in [0.2, 0.25) is 0 Å². The van der Waals surface area contributed by atoms with E-state index in [1.165, 1.54) is 5.56 Å². The van der Waals surface area contributed by atoms with E-state index in [-0.39, 0.29) is 6.10 Å². The summed E-state index contributed by atoms with van der Waals surface area (Å²) in [5.41, 5.74) is 2.56. The van der Waals surface area contributed by atoms with Crippen molar-refractivity contribution in [2.45, 2.75) is 38.9 Å². The molecule has 1 fully saturated rings. The van der Waals surface area contributed by atoms with Gasteiger partial charge in [-0.25, -0.2) is 9.97 Å². The molecule has 1 saturated heterocycles. The lowest BCUT2D eigenvalue weighted by atomic mass is 10.1. The van der Waals surface area contributed by atoms with Gasteiger partial charge in [-0.05, 0) is 18.4 Å². The second-order valence-electron chi connectivity index (χ2n) is 6.30. The Kier molecular flexibility index (Phi) is 4.61. The van der Waals surface area contributed by atoms with Crippen LogP contribution in [0.15, 0.2) is 41.1 Å². The number of rotatable bonds is 5. The molecule has 6 heteroatoms. The summed E-state index contributed by atoms with van der Waals surface area (Å²) in [5.74, 6) is 1.58. The van der Waals surface area contributed by atoms with Gasteiger partial charge in [0.15, 0.2) is 17.2 Å². The first kappa shape index (κ1) is 16.0. The molecular formula is C19H22N4O2. The van der Waals surface area contributed by atoms with Gasteiger partial charge in [-0.15, -0.1) is 0 Å². The van der Waals surface area contributed by atoms with Crippen molar-refractivity contribution in [3.8, 4) is 0 Å². The lowest BCUT2D eigenvalue weighted by molar-refractivity contribution is 0.0251. The molecule has 1 aliphatic heterocycles. The van der Waals surface area contributed by atoms with Crippen molar-refractivity contribution in [3.63, 3.8) is 0 Å². The molecule has 6 nitrogen and oxygen atoms in total. The van der Waals surface area contributed by atoms with Gasteiger partial charge < -0.3 is 14.1 Å². The highest BCUT2D eigenvalue weighted by atomic mass is 16.5. The van der Waals surface area contributed by atoms with Crippen molar-refractivity contribution in [1.29, 1.82) is 0 Å². The van der Waals surface area contributed by atoms with E-state index in [4.69, 9.17) is 9.15 Å². The van der Waals surface area contributed by atoms with Crippen molar-refractivity contribution >= 4 is 17.0 Å². The molecule has 3 heterocycles. The maximum atomic E-state index is 6.07. The van der Waals surface area contributed by atoms with Crippen molar-refractivity contribution in [1.82, 2.24) is 15.0 Å². The number of anilines is 1. The highest BCUT2D eigenvalue weighted by Crippen LogP contribution is 2.26. The Hall–Kier alpha value is -2.47. The average molecular weight is 338 g/mol. The first-order chi connectivity index (χ1) is 12.3. The number of fused-ring (bicyclic) bond motifs is 1. The average Bonchev–Trinajstić information content (AvgIpc) is 3.11. The molecule has 0 aliphatic carbocycles. The zero-order chi connectivity index (χ0) is 17.1. The van der Waals surface area contributed by atoms with Crippen molar-refractivity contribution in [3.05, 3.63) is 48.1 Å². The Labute approximate surface area is 146 Å². The number of piperidine rings is 1. The van der Waals surface area contributed by atoms with E-state index in [2.05, 4.69) is 32.0 Å². The summed E-state index contributed by atoms with van der Waals surface area (Å²) in [6.45, 7) is 4.50. The number of oxazole rings is 1. The van der Waals surface area contributed by atoms with Gasteiger partial charge in [0.05, 0.1) is 12.7 Å². The number of aromatic nitrogens is 3. The molecule has 2 aromatic heterocycles. The standard InChI is InChI=1S/C19H22N4O2/c1-2-16-22-17-18(20-13-21-19(17)25-16)23-10-8-15(9-11-23)24-12-14-6-4-3-5-7-14/h3-7,13,15H,2,8-12H2,1H3. The molecule has 0 saturated carbocycles. The predicted octanol–water partition coefficient (Wildman–Crippen LogP) is 3.37. The SMILES string of the molecule is CCc1nc2c(N3CCC(OCc4ccccc4)CC3)ncnc2o1. The third-order valence-corrected chi connectivity index (χ3v) is 4.59. The minimum absolute atomic E-state index is 0.289. The molecule has 0 radical (unpaired) electrons. The number of aryl methyl sites for hydroxylation is 1.